The van der Waals surface area contributed by atoms with Gasteiger partial charge in [-0.25, -0.2) is 0 Å². The molecule has 1 atom stereocenters. The fourth-order valence-electron chi connectivity index (χ4n) is 3.38. The number of rotatable bonds is 6. The summed E-state index contributed by atoms with van der Waals surface area (Å²) in [5.74, 6) is 0. The van der Waals surface area contributed by atoms with E-state index in [9.17, 15) is 0 Å². The van der Waals surface area contributed by atoms with Crippen LogP contribution in [0.15, 0.2) is 24.3 Å². The summed E-state index contributed by atoms with van der Waals surface area (Å²) in [5, 5.41) is 3.66. The van der Waals surface area contributed by atoms with Crippen molar-refractivity contribution < 1.29 is 0 Å². The Hall–Kier alpha value is -0.860. The molecule has 1 aliphatic heterocycles. The van der Waals surface area contributed by atoms with E-state index in [1.807, 2.05) is 0 Å². The lowest BCUT2D eigenvalue weighted by atomic mass is 9.98. The molecule has 0 aromatic heterocycles. The molecule has 0 amide bonds. The predicted octanol–water partition coefficient (Wildman–Crippen LogP) is 3.70. The van der Waals surface area contributed by atoms with Crippen LogP contribution in [-0.2, 0) is 13.1 Å². The zero-order valence-corrected chi connectivity index (χ0v) is 12.8. The number of nitrogens with zero attached hydrogens (tertiary/aromatic N) is 1. The number of benzene rings is 1. The SMILES string of the molecule is CCC1CCCCN1Cc1ccccc1CNC1CC1. The highest BCUT2D eigenvalue weighted by Gasteiger charge is 2.23. The molecule has 1 aromatic rings. The van der Waals surface area contributed by atoms with Gasteiger partial charge in [0, 0.05) is 25.2 Å². The summed E-state index contributed by atoms with van der Waals surface area (Å²) in [7, 11) is 0. The first-order chi connectivity index (χ1) is 9.86. The minimum absolute atomic E-state index is 0.793. The first kappa shape index (κ1) is 14.1. The molecule has 0 spiro atoms. The lowest BCUT2D eigenvalue weighted by Gasteiger charge is -2.35. The lowest BCUT2D eigenvalue weighted by molar-refractivity contribution is 0.136. The van der Waals surface area contributed by atoms with Crippen LogP contribution >= 0.6 is 0 Å². The van der Waals surface area contributed by atoms with Crippen LogP contribution in [0.4, 0.5) is 0 Å². The molecule has 2 nitrogen and oxygen atoms in total. The van der Waals surface area contributed by atoms with E-state index in [-0.39, 0.29) is 0 Å². The van der Waals surface area contributed by atoms with Crippen molar-refractivity contribution >= 4 is 0 Å². The van der Waals surface area contributed by atoms with Crippen LogP contribution in [0.1, 0.15) is 56.6 Å². The summed E-state index contributed by atoms with van der Waals surface area (Å²) in [6.45, 7) is 5.80. The Morgan fingerprint density at radius 2 is 1.90 bits per heavy atom. The van der Waals surface area contributed by atoms with Crippen LogP contribution < -0.4 is 5.32 Å². The van der Waals surface area contributed by atoms with Gasteiger partial charge < -0.3 is 5.32 Å². The monoisotopic (exact) mass is 272 g/mol. The summed E-state index contributed by atoms with van der Waals surface area (Å²) in [6.07, 6.45) is 8.21. The molecule has 1 heterocycles. The van der Waals surface area contributed by atoms with E-state index in [0.717, 1.165) is 25.2 Å². The van der Waals surface area contributed by atoms with Gasteiger partial charge in [-0.15, -0.1) is 0 Å². The second-order valence-electron chi connectivity index (χ2n) is 6.45. The highest BCUT2D eigenvalue weighted by atomic mass is 15.2. The van der Waals surface area contributed by atoms with Crippen molar-refractivity contribution in [2.75, 3.05) is 6.54 Å². The van der Waals surface area contributed by atoms with Gasteiger partial charge in [-0.2, -0.15) is 0 Å². The van der Waals surface area contributed by atoms with Crippen LogP contribution in [0.25, 0.3) is 0 Å². The Morgan fingerprint density at radius 3 is 2.65 bits per heavy atom. The molecule has 1 aliphatic carbocycles. The van der Waals surface area contributed by atoms with Gasteiger partial charge in [0.2, 0.25) is 0 Å². The third kappa shape index (κ3) is 3.62. The molecular weight excluding hydrogens is 244 g/mol. The quantitative estimate of drug-likeness (QED) is 0.849. The van der Waals surface area contributed by atoms with E-state index in [0.29, 0.717) is 0 Å². The second kappa shape index (κ2) is 6.73. The highest BCUT2D eigenvalue weighted by Crippen LogP contribution is 2.24. The maximum Gasteiger partial charge on any atom is 0.0239 e. The van der Waals surface area contributed by atoms with Crippen LogP contribution in [0.2, 0.25) is 0 Å². The van der Waals surface area contributed by atoms with Crippen molar-refractivity contribution in [2.24, 2.45) is 0 Å². The number of nitrogens with one attached hydrogen (secondary N) is 1. The molecule has 3 rings (SSSR count). The van der Waals surface area contributed by atoms with E-state index in [1.165, 1.54) is 56.2 Å². The van der Waals surface area contributed by atoms with Crippen molar-refractivity contribution in [3.8, 4) is 0 Å². The van der Waals surface area contributed by atoms with E-state index in [1.54, 1.807) is 0 Å². The van der Waals surface area contributed by atoms with E-state index in [4.69, 9.17) is 0 Å². The Kier molecular flexibility index (Phi) is 4.74. The van der Waals surface area contributed by atoms with Gasteiger partial charge in [0.05, 0.1) is 0 Å². The smallest absolute Gasteiger partial charge is 0.0239 e. The molecule has 0 radical (unpaired) electrons. The normalized spacial score (nSPS) is 23.9. The maximum absolute atomic E-state index is 3.66. The third-order valence-corrected chi connectivity index (χ3v) is 4.87. The fourth-order valence-corrected chi connectivity index (χ4v) is 3.38. The highest BCUT2D eigenvalue weighted by molar-refractivity contribution is 5.27. The lowest BCUT2D eigenvalue weighted by Crippen LogP contribution is -2.38. The van der Waals surface area contributed by atoms with Gasteiger partial charge in [-0.05, 0) is 49.8 Å². The largest absolute Gasteiger partial charge is 0.310 e. The molecule has 1 N–H and O–H groups in total. The molecular formula is C18H28N2. The zero-order chi connectivity index (χ0) is 13.8. The molecule has 2 aliphatic rings. The standard InChI is InChI=1S/C18H28N2/c1-2-18-9-5-6-12-20(18)14-16-8-4-3-7-15(16)13-19-17-10-11-17/h3-4,7-8,17-19H,2,5-6,9-14H2,1H3. The molecule has 2 fully saturated rings. The van der Waals surface area contributed by atoms with E-state index in [2.05, 4.69) is 41.4 Å². The van der Waals surface area contributed by atoms with Crippen molar-refractivity contribution in [1.29, 1.82) is 0 Å². The molecule has 20 heavy (non-hydrogen) atoms. The van der Waals surface area contributed by atoms with Crippen molar-refractivity contribution in [3.05, 3.63) is 35.4 Å². The third-order valence-electron chi connectivity index (χ3n) is 4.87. The Balaban J connectivity index is 1.65. The first-order valence-electron chi connectivity index (χ1n) is 8.41. The average molecular weight is 272 g/mol. The Labute approximate surface area is 123 Å². The summed E-state index contributed by atoms with van der Waals surface area (Å²) in [5.41, 5.74) is 3.03. The topological polar surface area (TPSA) is 15.3 Å². The molecule has 1 saturated carbocycles. The maximum atomic E-state index is 3.66. The average Bonchev–Trinajstić information content (AvgIpc) is 3.31. The van der Waals surface area contributed by atoms with Crippen LogP contribution in [0.5, 0.6) is 0 Å². The minimum Gasteiger partial charge on any atom is -0.310 e. The van der Waals surface area contributed by atoms with Crippen molar-refractivity contribution in [1.82, 2.24) is 10.2 Å². The molecule has 1 saturated heterocycles. The number of hydrogen-bond donors (Lipinski definition) is 1. The molecule has 2 heteroatoms. The van der Waals surface area contributed by atoms with Crippen LogP contribution in [0.3, 0.4) is 0 Å². The van der Waals surface area contributed by atoms with Gasteiger partial charge in [-0.3, -0.25) is 4.90 Å². The molecule has 1 aromatic carbocycles. The van der Waals surface area contributed by atoms with Gasteiger partial charge >= 0.3 is 0 Å². The summed E-state index contributed by atoms with van der Waals surface area (Å²) in [6, 6.07) is 10.6. The molecule has 110 valence electrons. The molecule has 0 bridgehead atoms. The van der Waals surface area contributed by atoms with Gasteiger partial charge in [0.15, 0.2) is 0 Å². The summed E-state index contributed by atoms with van der Waals surface area (Å²) in [4.78, 5) is 2.71. The van der Waals surface area contributed by atoms with E-state index >= 15 is 0 Å². The van der Waals surface area contributed by atoms with Crippen molar-refractivity contribution in [2.45, 2.75) is 70.6 Å². The second-order valence-corrected chi connectivity index (χ2v) is 6.45. The number of hydrogen-bond acceptors (Lipinski definition) is 2. The van der Waals surface area contributed by atoms with Crippen LogP contribution in [0, 0.1) is 0 Å². The molecule has 1 unspecified atom stereocenters. The first-order valence-corrected chi connectivity index (χ1v) is 8.41. The zero-order valence-electron chi connectivity index (χ0n) is 12.8. The van der Waals surface area contributed by atoms with Gasteiger partial charge in [0.25, 0.3) is 0 Å². The van der Waals surface area contributed by atoms with Gasteiger partial charge in [0.1, 0.15) is 0 Å². The van der Waals surface area contributed by atoms with E-state index < -0.39 is 0 Å². The number of piperidine rings is 1. The minimum atomic E-state index is 0.793. The van der Waals surface area contributed by atoms with Gasteiger partial charge in [-0.1, -0.05) is 37.6 Å². The predicted molar refractivity (Wildman–Crippen MR) is 84.6 cm³/mol. The van der Waals surface area contributed by atoms with Crippen LogP contribution in [-0.4, -0.2) is 23.5 Å². The summed E-state index contributed by atoms with van der Waals surface area (Å²) >= 11 is 0. The Bertz CT molecular complexity index is 425. The Morgan fingerprint density at radius 1 is 1.10 bits per heavy atom. The fraction of sp³-hybridized carbons (Fsp3) is 0.667. The van der Waals surface area contributed by atoms with Crippen molar-refractivity contribution in [3.63, 3.8) is 0 Å². The summed E-state index contributed by atoms with van der Waals surface area (Å²) < 4.78 is 0. The number of likely N-dealkylation sites (tertiary alicyclic amines) is 1.